The van der Waals surface area contributed by atoms with E-state index in [1.54, 1.807) is 30.6 Å². The second kappa shape index (κ2) is 8.03. The molecule has 1 aromatic heterocycles. The summed E-state index contributed by atoms with van der Waals surface area (Å²) < 4.78 is 47.3. The van der Waals surface area contributed by atoms with Crippen molar-refractivity contribution in [3.8, 4) is 0 Å². The van der Waals surface area contributed by atoms with Gasteiger partial charge in [0.1, 0.15) is 5.82 Å². The van der Waals surface area contributed by atoms with Crippen LogP contribution in [0.4, 0.5) is 4.39 Å². The molecule has 0 bridgehead atoms. The number of pyridine rings is 1. The minimum atomic E-state index is -3.71. The van der Waals surface area contributed by atoms with Crippen LogP contribution in [-0.4, -0.2) is 26.6 Å². The molecule has 1 aliphatic rings. The van der Waals surface area contributed by atoms with E-state index in [1.165, 1.54) is 12.1 Å². The van der Waals surface area contributed by atoms with Crippen molar-refractivity contribution in [3.05, 3.63) is 65.7 Å². The predicted octanol–water partition coefficient (Wildman–Crippen LogP) is 2.81. The van der Waals surface area contributed by atoms with Gasteiger partial charge in [-0.2, -0.15) is 0 Å². The number of halogens is 1. The van der Waals surface area contributed by atoms with Crippen molar-refractivity contribution in [1.82, 2.24) is 9.71 Å². The summed E-state index contributed by atoms with van der Waals surface area (Å²) >= 11 is 0. The maximum atomic E-state index is 13.8. The van der Waals surface area contributed by atoms with Gasteiger partial charge in [0.2, 0.25) is 10.0 Å². The maximum absolute atomic E-state index is 13.8. The summed E-state index contributed by atoms with van der Waals surface area (Å²) in [7, 11) is -3.71. The molecule has 1 unspecified atom stereocenters. The van der Waals surface area contributed by atoms with Crippen LogP contribution in [0.3, 0.4) is 0 Å². The number of hydrogen-bond donors (Lipinski definition) is 1. The third-order valence-electron chi connectivity index (χ3n) is 4.39. The van der Waals surface area contributed by atoms with Crippen molar-refractivity contribution in [1.29, 1.82) is 0 Å². The van der Waals surface area contributed by atoms with E-state index in [9.17, 15) is 12.8 Å². The molecule has 1 atom stereocenters. The van der Waals surface area contributed by atoms with Gasteiger partial charge in [0, 0.05) is 31.2 Å². The molecule has 1 saturated heterocycles. The summed E-state index contributed by atoms with van der Waals surface area (Å²) in [5.41, 5.74) is 0.971. The molecule has 25 heavy (non-hydrogen) atoms. The van der Waals surface area contributed by atoms with E-state index in [0.29, 0.717) is 13.2 Å². The fourth-order valence-corrected chi connectivity index (χ4v) is 4.54. The van der Waals surface area contributed by atoms with E-state index < -0.39 is 21.9 Å². The molecular weight excluding hydrogens is 343 g/mol. The lowest BCUT2D eigenvalue weighted by atomic mass is 9.88. The first kappa shape index (κ1) is 18.0. The second-order valence-corrected chi connectivity index (χ2v) is 7.94. The van der Waals surface area contributed by atoms with Gasteiger partial charge in [0.05, 0.1) is 11.8 Å². The first-order chi connectivity index (χ1) is 12.1. The van der Waals surface area contributed by atoms with Crippen LogP contribution < -0.4 is 4.72 Å². The molecule has 0 amide bonds. The SMILES string of the molecule is O=S(=O)(Cc1ccccc1F)NC(c1cccnc1)C1CCOCC1. The number of aromatic nitrogens is 1. The number of benzene rings is 1. The Morgan fingerprint density at radius 3 is 2.64 bits per heavy atom. The van der Waals surface area contributed by atoms with Crippen LogP contribution in [0.15, 0.2) is 48.8 Å². The zero-order valence-electron chi connectivity index (χ0n) is 13.8. The molecule has 5 nitrogen and oxygen atoms in total. The first-order valence-corrected chi connectivity index (χ1v) is 9.91. The van der Waals surface area contributed by atoms with E-state index in [0.717, 1.165) is 18.4 Å². The van der Waals surface area contributed by atoms with Gasteiger partial charge in [-0.15, -0.1) is 0 Å². The minimum absolute atomic E-state index is 0.119. The monoisotopic (exact) mass is 364 g/mol. The van der Waals surface area contributed by atoms with Crippen LogP contribution in [0.1, 0.15) is 30.0 Å². The molecule has 2 aromatic rings. The Bertz CT molecular complexity index is 793. The molecule has 3 rings (SSSR count). The van der Waals surface area contributed by atoms with E-state index >= 15 is 0 Å². The van der Waals surface area contributed by atoms with Gasteiger partial charge < -0.3 is 4.74 Å². The van der Waals surface area contributed by atoms with Gasteiger partial charge >= 0.3 is 0 Å². The highest BCUT2D eigenvalue weighted by molar-refractivity contribution is 7.88. The van der Waals surface area contributed by atoms with E-state index in [2.05, 4.69) is 9.71 Å². The van der Waals surface area contributed by atoms with Gasteiger partial charge in [-0.3, -0.25) is 4.98 Å². The van der Waals surface area contributed by atoms with Crippen LogP contribution >= 0.6 is 0 Å². The lowest BCUT2D eigenvalue weighted by Gasteiger charge is -2.31. The third kappa shape index (κ3) is 4.84. The molecule has 1 aromatic carbocycles. The number of nitrogens with zero attached hydrogens (tertiary/aromatic N) is 1. The molecule has 1 N–H and O–H groups in total. The Kier molecular flexibility index (Phi) is 5.78. The molecule has 1 fully saturated rings. The lowest BCUT2D eigenvalue weighted by Crippen LogP contribution is -2.36. The zero-order chi connectivity index (χ0) is 17.7. The maximum Gasteiger partial charge on any atom is 0.216 e. The van der Waals surface area contributed by atoms with Gasteiger partial charge in [0.25, 0.3) is 0 Å². The van der Waals surface area contributed by atoms with Crippen LogP contribution in [0.2, 0.25) is 0 Å². The highest BCUT2D eigenvalue weighted by Crippen LogP contribution is 2.30. The lowest BCUT2D eigenvalue weighted by molar-refractivity contribution is 0.0564. The molecule has 2 heterocycles. The zero-order valence-corrected chi connectivity index (χ0v) is 14.6. The molecule has 0 spiro atoms. The highest BCUT2D eigenvalue weighted by atomic mass is 32.2. The van der Waals surface area contributed by atoms with Gasteiger partial charge in [-0.1, -0.05) is 24.3 Å². The van der Waals surface area contributed by atoms with Crippen molar-refractivity contribution in [2.75, 3.05) is 13.2 Å². The fraction of sp³-hybridized carbons (Fsp3) is 0.389. The van der Waals surface area contributed by atoms with Gasteiger partial charge in [0.15, 0.2) is 0 Å². The molecule has 0 radical (unpaired) electrons. The third-order valence-corrected chi connectivity index (χ3v) is 5.69. The number of sulfonamides is 1. The van der Waals surface area contributed by atoms with Crippen LogP contribution in [0.5, 0.6) is 0 Å². The van der Waals surface area contributed by atoms with E-state index in [1.807, 2.05) is 6.07 Å². The summed E-state index contributed by atoms with van der Waals surface area (Å²) in [6.07, 6.45) is 4.85. The second-order valence-electron chi connectivity index (χ2n) is 6.18. The molecule has 7 heteroatoms. The van der Waals surface area contributed by atoms with Crippen molar-refractivity contribution >= 4 is 10.0 Å². The Balaban J connectivity index is 1.82. The number of rotatable bonds is 6. The fourth-order valence-electron chi connectivity index (χ4n) is 3.10. The first-order valence-electron chi connectivity index (χ1n) is 8.26. The predicted molar refractivity (Wildman–Crippen MR) is 92.7 cm³/mol. The molecule has 1 aliphatic heterocycles. The molecule has 134 valence electrons. The summed E-state index contributed by atoms with van der Waals surface area (Å²) in [5, 5.41) is 0. The van der Waals surface area contributed by atoms with Crippen molar-refractivity contribution in [2.24, 2.45) is 5.92 Å². The minimum Gasteiger partial charge on any atom is -0.381 e. The van der Waals surface area contributed by atoms with Gasteiger partial charge in [-0.05, 0) is 36.5 Å². The summed E-state index contributed by atoms with van der Waals surface area (Å²) in [6.45, 7) is 1.22. The molecule has 0 saturated carbocycles. The van der Waals surface area contributed by atoms with Crippen LogP contribution in [-0.2, 0) is 20.5 Å². The highest BCUT2D eigenvalue weighted by Gasteiger charge is 2.29. The molecule has 0 aliphatic carbocycles. The van der Waals surface area contributed by atoms with Crippen molar-refractivity contribution in [3.63, 3.8) is 0 Å². The average molecular weight is 364 g/mol. The Morgan fingerprint density at radius 2 is 1.96 bits per heavy atom. The van der Waals surface area contributed by atoms with Crippen LogP contribution in [0.25, 0.3) is 0 Å². The number of nitrogens with one attached hydrogen (secondary N) is 1. The average Bonchev–Trinajstić information content (AvgIpc) is 2.63. The van der Waals surface area contributed by atoms with Gasteiger partial charge in [-0.25, -0.2) is 17.5 Å². The topological polar surface area (TPSA) is 68.3 Å². The number of ether oxygens (including phenoxy) is 1. The van der Waals surface area contributed by atoms with E-state index in [4.69, 9.17) is 4.74 Å². The smallest absolute Gasteiger partial charge is 0.216 e. The summed E-state index contributed by atoms with van der Waals surface area (Å²) in [5.74, 6) is -0.787. The van der Waals surface area contributed by atoms with Crippen molar-refractivity contribution in [2.45, 2.75) is 24.6 Å². The number of hydrogen-bond acceptors (Lipinski definition) is 4. The Morgan fingerprint density at radius 1 is 1.20 bits per heavy atom. The summed E-state index contributed by atoms with van der Waals surface area (Å²) in [6, 6.07) is 9.18. The standard InChI is InChI=1S/C18H21FN2O3S/c19-17-6-2-1-4-16(17)13-25(22,23)21-18(14-7-10-24-11-8-14)15-5-3-9-20-12-15/h1-6,9,12,14,18,21H,7-8,10-11,13H2. The normalized spacial score (nSPS) is 17.3. The van der Waals surface area contributed by atoms with Crippen LogP contribution in [0, 0.1) is 11.7 Å². The molecular formula is C18H21FN2O3S. The largest absolute Gasteiger partial charge is 0.381 e. The Hall–Kier alpha value is -1.83. The van der Waals surface area contributed by atoms with E-state index in [-0.39, 0.29) is 17.2 Å². The quantitative estimate of drug-likeness (QED) is 0.856. The Labute approximate surface area is 147 Å². The van der Waals surface area contributed by atoms with Crippen molar-refractivity contribution < 1.29 is 17.5 Å². The summed E-state index contributed by atoms with van der Waals surface area (Å²) in [4.78, 5) is 4.10.